The number of Topliss-reactive ketones (excluding diaryl/α,β-unsaturated/α-hetero) is 1. The second kappa shape index (κ2) is 4.38. The van der Waals surface area contributed by atoms with Crippen LogP contribution in [-0.2, 0) is 9.59 Å². The number of ketones is 1. The quantitative estimate of drug-likeness (QED) is 0.861. The summed E-state index contributed by atoms with van der Waals surface area (Å²) in [5.74, 6) is 0.278. The molecule has 4 nitrogen and oxygen atoms in total. The molecule has 1 N–H and O–H groups in total. The van der Waals surface area contributed by atoms with Gasteiger partial charge >= 0.3 is 0 Å². The first-order chi connectivity index (χ1) is 10.4. The van der Waals surface area contributed by atoms with Crippen LogP contribution in [0.15, 0.2) is 24.3 Å². The predicted molar refractivity (Wildman–Crippen MR) is 86.8 cm³/mol. The lowest BCUT2D eigenvalue weighted by Gasteiger charge is -2.32. The molecule has 5 heteroatoms. The van der Waals surface area contributed by atoms with E-state index < -0.39 is 5.41 Å². The zero-order valence-corrected chi connectivity index (χ0v) is 13.5. The zero-order chi connectivity index (χ0) is 15.5. The Morgan fingerprint density at radius 1 is 1.36 bits per heavy atom. The molecule has 2 fully saturated rings. The standard InChI is InChI=1S/C17H18N2O2S/c1-16(2)10-7-8-17(9-10,13(16)20)14(21)19-15-18-11-5-3-4-6-12(11)22-15/h3-6,10H,7-9H2,1-2H3,(H,18,19,21)/t10-,17-/m0/s1. The van der Waals surface area contributed by atoms with Crippen molar-refractivity contribution < 1.29 is 9.59 Å². The fourth-order valence-corrected chi connectivity index (χ4v) is 4.98. The van der Waals surface area contributed by atoms with Crippen LogP contribution >= 0.6 is 11.3 Å². The number of thiazole rings is 1. The molecule has 2 saturated carbocycles. The number of amides is 1. The Hall–Kier alpha value is -1.75. The summed E-state index contributed by atoms with van der Waals surface area (Å²) in [6.07, 6.45) is 2.33. The Kier molecular flexibility index (Phi) is 2.77. The van der Waals surface area contributed by atoms with Crippen LogP contribution in [0, 0.1) is 16.7 Å². The monoisotopic (exact) mass is 314 g/mol. The normalized spacial score (nSPS) is 29.2. The first-order valence-corrected chi connectivity index (χ1v) is 8.47. The highest BCUT2D eigenvalue weighted by atomic mass is 32.1. The maximum absolute atomic E-state index is 12.8. The molecule has 1 amide bonds. The van der Waals surface area contributed by atoms with Crippen molar-refractivity contribution in [3.8, 4) is 0 Å². The third-order valence-corrected chi connectivity index (χ3v) is 6.46. The average Bonchev–Trinajstić information content (AvgIpc) is 3.14. The van der Waals surface area contributed by atoms with E-state index in [4.69, 9.17) is 0 Å². The van der Waals surface area contributed by atoms with Gasteiger partial charge in [0.05, 0.1) is 10.2 Å². The maximum Gasteiger partial charge on any atom is 0.239 e. The largest absolute Gasteiger partial charge is 0.301 e. The Morgan fingerprint density at radius 2 is 2.14 bits per heavy atom. The molecule has 0 aliphatic heterocycles. The molecule has 0 saturated heterocycles. The van der Waals surface area contributed by atoms with E-state index >= 15 is 0 Å². The number of hydrogen-bond acceptors (Lipinski definition) is 4. The lowest BCUT2D eigenvalue weighted by molar-refractivity contribution is -0.142. The smallest absolute Gasteiger partial charge is 0.239 e. The molecule has 0 radical (unpaired) electrons. The Labute approximate surface area is 132 Å². The van der Waals surface area contributed by atoms with Crippen LogP contribution in [0.1, 0.15) is 33.1 Å². The van der Waals surface area contributed by atoms with Crippen LogP contribution in [0.2, 0.25) is 0 Å². The molecule has 2 bridgehead atoms. The number of rotatable bonds is 2. The van der Waals surface area contributed by atoms with Gasteiger partial charge in [0.1, 0.15) is 5.41 Å². The van der Waals surface area contributed by atoms with Crippen molar-refractivity contribution >= 4 is 38.4 Å². The topological polar surface area (TPSA) is 59.1 Å². The van der Waals surface area contributed by atoms with Crippen LogP contribution in [0.5, 0.6) is 0 Å². The fraction of sp³-hybridized carbons (Fsp3) is 0.471. The second-order valence-electron chi connectivity index (χ2n) is 7.01. The number of hydrogen-bond donors (Lipinski definition) is 1. The van der Waals surface area contributed by atoms with Crippen LogP contribution in [-0.4, -0.2) is 16.7 Å². The molecule has 4 rings (SSSR count). The minimum absolute atomic E-state index is 0.106. The maximum atomic E-state index is 12.8. The average molecular weight is 314 g/mol. The van der Waals surface area contributed by atoms with Crippen molar-refractivity contribution in [3.63, 3.8) is 0 Å². The summed E-state index contributed by atoms with van der Waals surface area (Å²) in [5.41, 5.74) is -0.322. The summed E-state index contributed by atoms with van der Waals surface area (Å²) in [5, 5.41) is 3.49. The minimum atomic E-state index is -0.827. The summed E-state index contributed by atoms with van der Waals surface area (Å²) in [6, 6.07) is 7.79. The molecule has 2 atom stereocenters. The van der Waals surface area contributed by atoms with Gasteiger partial charge in [-0.2, -0.15) is 0 Å². The van der Waals surface area contributed by atoms with Gasteiger partial charge in [0.15, 0.2) is 10.9 Å². The number of para-hydroxylation sites is 1. The van der Waals surface area contributed by atoms with E-state index in [2.05, 4.69) is 10.3 Å². The molecule has 1 aromatic heterocycles. The van der Waals surface area contributed by atoms with Crippen LogP contribution in [0.25, 0.3) is 10.2 Å². The van der Waals surface area contributed by atoms with Crippen molar-refractivity contribution in [2.75, 3.05) is 5.32 Å². The number of anilines is 1. The van der Waals surface area contributed by atoms with Crippen molar-refractivity contribution in [1.82, 2.24) is 4.98 Å². The number of aromatic nitrogens is 1. The highest BCUT2D eigenvalue weighted by Gasteiger charge is 2.65. The number of carbonyl (C=O) groups is 2. The van der Waals surface area contributed by atoms with E-state index in [0.717, 1.165) is 16.6 Å². The van der Waals surface area contributed by atoms with Gasteiger partial charge in [-0.1, -0.05) is 37.3 Å². The molecule has 22 heavy (non-hydrogen) atoms. The number of nitrogens with zero attached hydrogens (tertiary/aromatic N) is 1. The van der Waals surface area contributed by atoms with E-state index in [-0.39, 0.29) is 17.1 Å². The molecule has 2 aliphatic carbocycles. The molecule has 2 aromatic rings. The zero-order valence-electron chi connectivity index (χ0n) is 12.7. The molecule has 1 aromatic carbocycles. The van der Waals surface area contributed by atoms with E-state index in [1.54, 1.807) is 0 Å². The van der Waals surface area contributed by atoms with Gasteiger partial charge < -0.3 is 5.32 Å². The van der Waals surface area contributed by atoms with Gasteiger partial charge in [-0.05, 0) is 37.3 Å². The number of benzene rings is 1. The lowest BCUT2D eigenvalue weighted by Crippen LogP contribution is -2.44. The molecular formula is C17H18N2O2S. The van der Waals surface area contributed by atoms with Crippen molar-refractivity contribution in [2.24, 2.45) is 16.7 Å². The summed E-state index contributed by atoms with van der Waals surface area (Å²) in [7, 11) is 0. The number of nitrogens with one attached hydrogen (secondary N) is 1. The van der Waals surface area contributed by atoms with Crippen molar-refractivity contribution in [1.29, 1.82) is 0 Å². The molecule has 0 unspecified atom stereocenters. The van der Waals surface area contributed by atoms with E-state index in [0.29, 0.717) is 23.9 Å². The van der Waals surface area contributed by atoms with E-state index in [9.17, 15) is 9.59 Å². The van der Waals surface area contributed by atoms with Gasteiger partial charge in [0.25, 0.3) is 0 Å². The van der Waals surface area contributed by atoms with E-state index in [1.807, 2.05) is 38.1 Å². The van der Waals surface area contributed by atoms with Gasteiger partial charge in [0, 0.05) is 5.41 Å². The third kappa shape index (κ3) is 1.72. The van der Waals surface area contributed by atoms with Crippen LogP contribution < -0.4 is 5.32 Å². The van der Waals surface area contributed by atoms with Gasteiger partial charge in [-0.15, -0.1) is 0 Å². The highest BCUT2D eigenvalue weighted by Crippen LogP contribution is 2.60. The summed E-state index contributed by atoms with van der Waals surface area (Å²) >= 11 is 1.45. The van der Waals surface area contributed by atoms with Crippen LogP contribution in [0.4, 0.5) is 5.13 Å². The summed E-state index contributed by atoms with van der Waals surface area (Å²) in [4.78, 5) is 30.0. The van der Waals surface area contributed by atoms with Crippen molar-refractivity contribution in [2.45, 2.75) is 33.1 Å². The summed E-state index contributed by atoms with van der Waals surface area (Å²) < 4.78 is 1.04. The molecule has 1 heterocycles. The first kappa shape index (κ1) is 13.9. The van der Waals surface area contributed by atoms with Crippen LogP contribution in [0.3, 0.4) is 0 Å². The molecule has 0 spiro atoms. The Balaban J connectivity index is 1.64. The third-order valence-electron chi connectivity index (χ3n) is 5.50. The van der Waals surface area contributed by atoms with Crippen molar-refractivity contribution in [3.05, 3.63) is 24.3 Å². The second-order valence-corrected chi connectivity index (χ2v) is 8.04. The van der Waals surface area contributed by atoms with Gasteiger partial charge in [-0.25, -0.2) is 4.98 Å². The van der Waals surface area contributed by atoms with Gasteiger partial charge in [0.2, 0.25) is 5.91 Å². The number of carbonyl (C=O) groups excluding carboxylic acids is 2. The lowest BCUT2D eigenvalue weighted by atomic mass is 9.70. The van der Waals surface area contributed by atoms with Gasteiger partial charge in [-0.3, -0.25) is 9.59 Å². The Morgan fingerprint density at radius 3 is 2.82 bits per heavy atom. The van der Waals surface area contributed by atoms with E-state index in [1.165, 1.54) is 11.3 Å². The molecule has 2 aliphatic rings. The summed E-state index contributed by atoms with van der Waals surface area (Å²) in [6.45, 7) is 3.96. The fourth-order valence-electron chi connectivity index (χ4n) is 4.12. The Bertz CT molecular complexity index is 762. The highest BCUT2D eigenvalue weighted by molar-refractivity contribution is 7.22. The molecule has 114 valence electrons. The minimum Gasteiger partial charge on any atom is -0.301 e. The number of fused-ring (bicyclic) bond motifs is 3. The predicted octanol–water partition coefficient (Wildman–Crippen LogP) is 3.63. The first-order valence-electron chi connectivity index (χ1n) is 7.65. The SMILES string of the molecule is CC1(C)C(=O)[C@]2(C(=O)Nc3nc4ccccc4s3)CC[C@H]1C2. The molecular weight excluding hydrogens is 296 g/mol.